The smallest absolute Gasteiger partial charge is 0.289 e. The summed E-state index contributed by atoms with van der Waals surface area (Å²) in [5.41, 5.74) is -0.756. The molecule has 1 rings (SSSR count). The molecule has 0 saturated carbocycles. The maximum Gasteiger partial charge on any atom is 0.289 e. The Kier molecular flexibility index (Phi) is 4.04. The maximum atomic E-state index is 11.5. The van der Waals surface area contributed by atoms with Crippen molar-refractivity contribution in [2.75, 3.05) is 7.11 Å². The lowest BCUT2D eigenvalue weighted by atomic mass is 9.99. The number of rotatable bonds is 3. The van der Waals surface area contributed by atoms with Gasteiger partial charge in [0.25, 0.3) is 5.91 Å². The Bertz CT molecular complexity index is 410. The van der Waals surface area contributed by atoms with Crippen molar-refractivity contribution in [3.8, 4) is 6.07 Å². The van der Waals surface area contributed by atoms with Crippen molar-refractivity contribution in [3.05, 3.63) is 0 Å². The maximum absolute atomic E-state index is 11.5. The number of oxime groups is 2. The number of hydrogen-bond donors (Lipinski definition) is 1. The fourth-order valence-corrected chi connectivity index (χ4v) is 1.23. The zero-order chi connectivity index (χ0) is 12.9. The van der Waals surface area contributed by atoms with Gasteiger partial charge in [-0.05, 0) is 13.3 Å². The van der Waals surface area contributed by atoms with Crippen LogP contribution in [0.1, 0.15) is 26.7 Å². The van der Waals surface area contributed by atoms with Crippen molar-refractivity contribution in [2.45, 2.75) is 32.3 Å². The van der Waals surface area contributed by atoms with Crippen LogP contribution in [0.2, 0.25) is 0 Å². The average Bonchev–Trinajstić information content (AvgIpc) is 2.68. The van der Waals surface area contributed by atoms with Crippen LogP contribution in [0.5, 0.6) is 0 Å². The number of carbonyl (C=O) groups is 1. The molecule has 7 nitrogen and oxygen atoms in total. The van der Waals surface area contributed by atoms with Crippen LogP contribution in [0.3, 0.4) is 0 Å². The quantitative estimate of drug-likeness (QED) is 0.573. The Morgan fingerprint density at radius 3 is 3.00 bits per heavy atom. The van der Waals surface area contributed by atoms with Gasteiger partial charge >= 0.3 is 0 Å². The van der Waals surface area contributed by atoms with E-state index in [1.54, 1.807) is 6.07 Å². The van der Waals surface area contributed by atoms with Gasteiger partial charge in [0.1, 0.15) is 18.8 Å². The predicted octanol–water partition coefficient (Wildman–Crippen LogP) is 0.531. The molecule has 0 saturated heterocycles. The van der Waals surface area contributed by atoms with Gasteiger partial charge in [-0.15, -0.1) is 0 Å². The monoisotopic (exact) mass is 238 g/mol. The fraction of sp³-hybridized carbons (Fsp3) is 0.600. The molecule has 0 spiro atoms. The van der Waals surface area contributed by atoms with Gasteiger partial charge in [0, 0.05) is 0 Å². The number of amidine groups is 1. The van der Waals surface area contributed by atoms with Crippen LogP contribution < -0.4 is 5.32 Å². The van der Waals surface area contributed by atoms with Crippen LogP contribution in [-0.2, 0) is 14.5 Å². The minimum Gasteiger partial charge on any atom is -0.398 e. The zero-order valence-electron chi connectivity index (χ0n) is 9.98. The third kappa shape index (κ3) is 3.17. The first-order valence-corrected chi connectivity index (χ1v) is 5.12. The summed E-state index contributed by atoms with van der Waals surface area (Å²) in [5.74, 6) is -0.268. The van der Waals surface area contributed by atoms with E-state index in [9.17, 15) is 4.79 Å². The van der Waals surface area contributed by atoms with Crippen LogP contribution in [0.4, 0.5) is 0 Å². The number of nitriles is 1. The number of nitrogens with zero attached hydrogens (tertiary/aromatic N) is 3. The Labute approximate surface area is 99.0 Å². The Morgan fingerprint density at radius 1 is 1.82 bits per heavy atom. The van der Waals surface area contributed by atoms with E-state index in [-0.39, 0.29) is 5.71 Å². The van der Waals surface area contributed by atoms with Gasteiger partial charge in [-0.3, -0.25) is 4.79 Å². The second-order valence-electron chi connectivity index (χ2n) is 3.80. The molecule has 0 aromatic carbocycles. The van der Waals surface area contributed by atoms with Crippen molar-refractivity contribution < 1.29 is 14.5 Å². The molecule has 92 valence electrons. The van der Waals surface area contributed by atoms with E-state index >= 15 is 0 Å². The van der Waals surface area contributed by atoms with Crippen molar-refractivity contribution in [1.82, 2.24) is 5.32 Å². The first-order valence-electron chi connectivity index (χ1n) is 5.12. The highest BCUT2D eigenvalue weighted by Gasteiger charge is 2.33. The third-order valence-corrected chi connectivity index (χ3v) is 2.43. The van der Waals surface area contributed by atoms with E-state index in [2.05, 4.69) is 20.5 Å². The van der Waals surface area contributed by atoms with Gasteiger partial charge in [-0.25, -0.2) is 0 Å². The highest BCUT2D eigenvalue weighted by molar-refractivity contribution is 6.47. The zero-order valence-corrected chi connectivity index (χ0v) is 9.98. The van der Waals surface area contributed by atoms with Crippen molar-refractivity contribution in [1.29, 1.82) is 5.26 Å². The lowest BCUT2D eigenvalue weighted by Crippen LogP contribution is -2.37. The molecule has 1 aliphatic heterocycles. The van der Waals surface area contributed by atoms with Gasteiger partial charge in [0.15, 0.2) is 5.84 Å². The van der Waals surface area contributed by atoms with E-state index in [0.717, 1.165) is 6.42 Å². The minimum atomic E-state index is -0.656. The van der Waals surface area contributed by atoms with Gasteiger partial charge in [0.2, 0.25) is 5.71 Å². The summed E-state index contributed by atoms with van der Waals surface area (Å²) in [4.78, 5) is 21.1. The molecule has 1 amide bonds. The fourth-order valence-electron chi connectivity index (χ4n) is 1.23. The number of nitrogens with one attached hydrogen (secondary N) is 1. The normalized spacial score (nSPS) is 23.4. The van der Waals surface area contributed by atoms with E-state index in [0.29, 0.717) is 12.3 Å². The van der Waals surface area contributed by atoms with Gasteiger partial charge in [-0.1, -0.05) is 17.2 Å². The molecular weight excluding hydrogens is 224 g/mol. The lowest BCUT2D eigenvalue weighted by Gasteiger charge is -2.17. The van der Waals surface area contributed by atoms with E-state index in [1.165, 1.54) is 7.11 Å². The predicted molar refractivity (Wildman–Crippen MR) is 60.0 cm³/mol. The summed E-state index contributed by atoms with van der Waals surface area (Å²) in [6, 6.07) is 1.63. The molecule has 0 aromatic heterocycles. The average molecular weight is 238 g/mol. The van der Waals surface area contributed by atoms with Gasteiger partial charge < -0.3 is 15.0 Å². The molecule has 7 heteroatoms. The van der Waals surface area contributed by atoms with E-state index < -0.39 is 11.5 Å². The summed E-state index contributed by atoms with van der Waals surface area (Å²) in [6.45, 7) is 3.86. The molecule has 1 unspecified atom stereocenters. The second-order valence-corrected chi connectivity index (χ2v) is 3.80. The highest BCUT2D eigenvalue weighted by atomic mass is 16.7. The first kappa shape index (κ1) is 13.0. The SMILES string of the molecule is CCC1(C)CC(NC(=O)/C(C#N)=N/OC)=NO1. The molecule has 0 aromatic rings. The summed E-state index contributed by atoms with van der Waals surface area (Å²) < 4.78 is 0. The highest BCUT2D eigenvalue weighted by Crippen LogP contribution is 2.25. The van der Waals surface area contributed by atoms with E-state index in [1.807, 2.05) is 13.8 Å². The van der Waals surface area contributed by atoms with Crippen LogP contribution in [0, 0.1) is 11.3 Å². The summed E-state index contributed by atoms with van der Waals surface area (Å²) in [7, 11) is 1.26. The van der Waals surface area contributed by atoms with Crippen molar-refractivity contribution in [2.24, 2.45) is 10.3 Å². The van der Waals surface area contributed by atoms with Crippen molar-refractivity contribution >= 4 is 17.5 Å². The Morgan fingerprint density at radius 2 is 2.53 bits per heavy atom. The Balaban J connectivity index is 2.61. The van der Waals surface area contributed by atoms with Crippen molar-refractivity contribution in [3.63, 3.8) is 0 Å². The standard InChI is InChI=1S/C10H14N4O3/c1-4-10(2)5-8(14-17-10)12-9(15)7(6-11)13-16-3/h4-5H2,1-3H3,(H,12,14,15)/b13-7+. The van der Waals surface area contributed by atoms with E-state index in [4.69, 9.17) is 10.1 Å². The molecule has 0 aliphatic carbocycles. The second kappa shape index (κ2) is 5.30. The minimum absolute atomic E-state index is 0.361. The van der Waals surface area contributed by atoms with Crippen LogP contribution in [-0.4, -0.2) is 30.2 Å². The topological polar surface area (TPSA) is 96.1 Å². The van der Waals surface area contributed by atoms with Gasteiger partial charge in [-0.2, -0.15) is 5.26 Å². The molecular formula is C10H14N4O3. The Hall–Kier alpha value is -2.10. The number of carbonyl (C=O) groups excluding carboxylic acids is 1. The molecule has 0 bridgehead atoms. The molecule has 0 radical (unpaired) electrons. The molecule has 1 heterocycles. The molecule has 1 aliphatic rings. The number of amides is 1. The van der Waals surface area contributed by atoms with Crippen LogP contribution in [0.15, 0.2) is 10.3 Å². The molecule has 1 N–H and O–H groups in total. The molecule has 17 heavy (non-hydrogen) atoms. The third-order valence-electron chi connectivity index (χ3n) is 2.43. The van der Waals surface area contributed by atoms with Crippen LogP contribution in [0.25, 0.3) is 0 Å². The summed E-state index contributed by atoms with van der Waals surface area (Å²) in [5, 5.41) is 18.2. The molecule has 0 fully saturated rings. The largest absolute Gasteiger partial charge is 0.398 e. The summed E-state index contributed by atoms with van der Waals surface area (Å²) in [6.07, 6.45) is 1.26. The van der Waals surface area contributed by atoms with Gasteiger partial charge in [0.05, 0.1) is 6.42 Å². The first-order chi connectivity index (χ1) is 8.04. The van der Waals surface area contributed by atoms with Crippen LogP contribution >= 0.6 is 0 Å². The lowest BCUT2D eigenvalue weighted by molar-refractivity contribution is -0.113. The molecule has 1 atom stereocenters. The summed E-state index contributed by atoms with van der Waals surface area (Å²) >= 11 is 0. The number of hydrogen-bond acceptors (Lipinski definition) is 6.